The van der Waals surface area contributed by atoms with Gasteiger partial charge in [0.15, 0.2) is 0 Å². The standard InChI is InChI=1S/C16H13ClO2/c1-10-3-6-12(7-4-10)15(18)16(19)13-8-5-11(2)9-14(13)17/h3-9H,1-2H3. The summed E-state index contributed by atoms with van der Waals surface area (Å²) in [5.74, 6) is -1.11. The highest BCUT2D eigenvalue weighted by Gasteiger charge is 2.20. The van der Waals surface area contributed by atoms with Crippen LogP contribution in [0.3, 0.4) is 0 Å². The molecule has 0 aliphatic carbocycles. The lowest BCUT2D eigenvalue weighted by molar-refractivity contribution is 0.0817. The minimum absolute atomic E-state index is 0.248. The summed E-state index contributed by atoms with van der Waals surface area (Å²) in [6.45, 7) is 3.80. The number of carbonyl (C=O) groups is 2. The maximum absolute atomic E-state index is 12.1. The number of Topliss-reactive ketones (excluding diaryl/α,β-unsaturated/α-hetero) is 2. The van der Waals surface area contributed by atoms with Gasteiger partial charge in [0, 0.05) is 11.1 Å². The van der Waals surface area contributed by atoms with Crippen LogP contribution in [0.4, 0.5) is 0 Å². The van der Waals surface area contributed by atoms with Crippen LogP contribution in [0.2, 0.25) is 5.02 Å². The highest BCUT2D eigenvalue weighted by molar-refractivity contribution is 6.51. The topological polar surface area (TPSA) is 34.1 Å². The van der Waals surface area contributed by atoms with Gasteiger partial charge in [-0.25, -0.2) is 0 Å². The molecule has 0 atom stereocenters. The summed E-state index contributed by atoms with van der Waals surface area (Å²) >= 11 is 6.01. The van der Waals surface area contributed by atoms with Crippen molar-refractivity contribution in [1.29, 1.82) is 0 Å². The van der Waals surface area contributed by atoms with Gasteiger partial charge in [-0.3, -0.25) is 9.59 Å². The van der Waals surface area contributed by atoms with Crippen LogP contribution in [0, 0.1) is 13.8 Å². The first-order valence-electron chi connectivity index (χ1n) is 5.91. The minimum atomic E-state index is -0.575. The van der Waals surface area contributed by atoms with Gasteiger partial charge < -0.3 is 0 Å². The molecule has 0 bridgehead atoms. The summed E-state index contributed by atoms with van der Waals surface area (Å²) in [6.07, 6.45) is 0. The SMILES string of the molecule is Cc1ccc(C(=O)C(=O)c2ccc(C)cc2Cl)cc1. The van der Waals surface area contributed by atoms with Crippen molar-refractivity contribution >= 4 is 23.2 Å². The second kappa shape index (κ2) is 5.37. The van der Waals surface area contributed by atoms with Gasteiger partial charge in [-0.2, -0.15) is 0 Å². The van der Waals surface area contributed by atoms with E-state index in [9.17, 15) is 9.59 Å². The van der Waals surface area contributed by atoms with Gasteiger partial charge in [0.25, 0.3) is 0 Å². The molecule has 0 saturated heterocycles. The van der Waals surface area contributed by atoms with E-state index in [0.29, 0.717) is 10.6 Å². The van der Waals surface area contributed by atoms with E-state index in [-0.39, 0.29) is 5.56 Å². The normalized spacial score (nSPS) is 10.3. The van der Waals surface area contributed by atoms with Crippen molar-refractivity contribution in [3.8, 4) is 0 Å². The first-order chi connectivity index (χ1) is 8.99. The summed E-state index contributed by atoms with van der Waals surface area (Å²) in [5.41, 5.74) is 2.62. The Morgan fingerprint density at radius 3 is 2.00 bits per heavy atom. The average Bonchev–Trinajstić information content (AvgIpc) is 2.38. The van der Waals surface area contributed by atoms with Gasteiger partial charge in [-0.05, 0) is 31.5 Å². The fraction of sp³-hybridized carbons (Fsp3) is 0.125. The lowest BCUT2D eigenvalue weighted by Crippen LogP contribution is -2.15. The van der Waals surface area contributed by atoms with E-state index in [4.69, 9.17) is 11.6 Å². The molecule has 3 heteroatoms. The van der Waals surface area contributed by atoms with Gasteiger partial charge in [0.1, 0.15) is 0 Å². The van der Waals surface area contributed by atoms with Crippen molar-refractivity contribution in [3.05, 3.63) is 69.7 Å². The predicted molar refractivity (Wildman–Crippen MR) is 76.0 cm³/mol. The molecule has 0 unspecified atom stereocenters. The Balaban J connectivity index is 2.33. The molecule has 0 heterocycles. The molecule has 0 aliphatic rings. The van der Waals surface area contributed by atoms with Crippen LogP contribution in [0.25, 0.3) is 0 Å². The molecule has 0 aliphatic heterocycles. The second-order valence-electron chi connectivity index (χ2n) is 4.51. The molecule has 0 radical (unpaired) electrons. The number of ketones is 2. The monoisotopic (exact) mass is 272 g/mol. The molecule has 96 valence electrons. The third kappa shape index (κ3) is 2.91. The predicted octanol–water partition coefficient (Wildman–Crippen LogP) is 4.02. The fourth-order valence-electron chi connectivity index (χ4n) is 1.76. The number of benzene rings is 2. The molecule has 0 aromatic heterocycles. The zero-order valence-electron chi connectivity index (χ0n) is 10.7. The first kappa shape index (κ1) is 13.5. The third-order valence-electron chi connectivity index (χ3n) is 2.89. The number of hydrogen-bond acceptors (Lipinski definition) is 2. The van der Waals surface area contributed by atoms with E-state index >= 15 is 0 Å². The minimum Gasteiger partial charge on any atom is -0.285 e. The average molecular weight is 273 g/mol. The highest BCUT2D eigenvalue weighted by Crippen LogP contribution is 2.19. The van der Waals surface area contributed by atoms with Crippen LogP contribution >= 0.6 is 11.6 Å². The Morgan fingerprint density at radius 1 is 0.842 bits per heavy atom. The molecule has 2 nitrogen and oxygen atoms in total. The molecule has 0 saturated carbocycles. The molecular formula is C16H13ClO2. The lowest BCUT2D eigenvalue weighted by atomic mass is 10.00. The highest BCUT2D eigenvalue weighted by atomic mass is 35.5. The molecule has 0 amide bonds. The molecule has 0 N–H and O–H groups in total. The Hall–Kier alpha value is -1.93. The van der Waals surface area contributed by atoms with Gasteiger partial charge in [-0.1, -0.05) is 47.5 Å². The molecule has 0 fully saturated rings. The van der Waals surface area contributed by atoms with Crippen LogP contribution in [-0.2, 0) is 0 Å². The zero-order chi connectivity index (χ0) is 14.0. The van der Waals surface area contributed by atoms with Gasteiger partial charge in [0.05, 0.1) is 5.02 Å². The van der Waals surface area contributed by atoms with Crippen LogP contribution in [0.15, 0.2) is 42.5 Å². The van der Waals surface area contributed by atoms with E-state index in [1.165, 1.54) is 0 Å². The second-order valence-corrected chi connectivity index (χ2v) is 4.91. The van der Waals surface area contributed by atoms with Crippen molar-refractivity contribution in [2.24, 2.45) is 0 Å². The van der Waals surface area contributed by atoms with Crippen LogP contribution in [0.1, 0.15) is 31.8 Å². The van der Waals surface area contributed by atoms with Crippen molar-refractivity contribution in [3.63, 3.8) is 0 Å². The summed E-state index contributed by atoms with van der Waals surface area (Å²) in [6, 6.07) is 11.9. The Bertz CT molecular complexity index is 642. The largest absolute Gasteiger partial charge is 0.285 e. The number of rotatable bonds is 3. The third-order valence-corrected chi connectivity index (χ3v) is 3.20. The maximum atomic E-state index is 12.1. The Morgan fingerprint density at radius 2 is 1.42 bits per heavy atom. The van der Waals surface area contributed by atoms with E-state index in [0.717, 1.165) is 11.1 Å². The van der Waals surface area contributed by atoms with E-state index in [1.54, 1.807) is 42.5 Å². The van der Waals surface area contributed by atoms with Crippen molar-refractivity contribution in [2.45, 2.75) is 13.8 Å². The summed E-state index contributed by atoms with van der Waals surface area (Å²) in [4.78, 5) is 24.2. The van der Waals surface area contributed by atoms with Crippen molar-refractivity contribution in [1.82, 2.24) is 0 Å². The van der Waals surface area contributed by atoms with Crippen LogP contribution in [-0.4, -0.2) is 11.6 Å². The summed E-state index contributed by atoms with van der Waals surface area (Å²) < 4.78 is 0. The number of carbonyl (C=O) groups excluding carboxylic acids is 2. The molecule has 2 aromatic carbocycles. The van der Waals surface area contributed by atoms with Gasteiger partial charge >= 0.3 is 0 Å². The van der Waals surface area contributed by atoms with Crippen molar-refractivity contribution < 1.29 is 9.59 Å². The maximum Gasteiger partial charge on any atom is 0.235 e. The smallest absolute Gasteiger partial charge is 0.235 e. The Labute approximate surface area is 117 Å². The first-order valence-corrected chi connectivity index (χ1v) is 6.28. The number of aryl methyl sites for hydroxylation is 2. The van der Waals surface area contributed by atoms with Crippen molar-refractivity contribution in [2.75, 3.05) is 0 Å². The molecule has 2 aromatic rings. The van der Waals surface area contributed by atoms with Crippen LogP contribution in [0.5, 0.6) is 0 Å². The lowest BCUT2D eigenvalue weighted by Gasteiger charge is -2.04. The quantitative estimate of drug-likeness (QED) is 0.625. The van der Waals surface area contributed by atoms with Gasteiger partial charge in [0.2, 0.25) is 11.6 Å². The Kier molecular flexibility index (Phi) is 3.82. The molecular weight excluding hydrogens is 260 g/mol. The van der Waals surface area contributed by atoms with E-state index in [1.807, 2.05) is 13.8 Å². The zero-order valence-corrected chi connectivity index (χ0v) is 11.5. The van der Waals surface area contributed by atoms with E-state index in [2.05, 4.69) is 0 Å². The number of hydrogen-bond donors (Lipinski definition) is 0. The number of halogens is 1. The summed E-state index contributed by atoms with van der Waals surface area (Å²) in [5, 5.41) is 0.311. The summed E-state index contributed by atoms with van der Waals surface area (Å²) in [7, 11) is 0. The molecule has 0 spiro atoms. The molecule has 2 rings (SSSR count). The van der Waals surface area contributed by atoms with E-state index < -0.39 is 11.6 Å². The van der Waals surface area contributed by atoms with Crippen LogP contribution < -0.4 is 0 Å². The fourth-order valence-corrected chi connectivity index (χ4v) is 2.08. The molecule has 19 heavy (non-hydrogen) atoms. The van der Waals surface area contributed by atoms with Gasteiger partial charge in [-0.15, -0.1) is 0 Å².